The Morgan fingerprint density at radius 1 is 1.00 bits per heavy atom. The normalized spacial score (nSPS) is 10.8. The summed E-state index contributed by atoms with van der Waals surface area (Å²) in [5, 5.41) is 13.9. The molecule has 0 saturated carbocycles. The zero-order chi connectivity index (χ0) is 15.0. The summed E-state index contributed by atoms with van der Waals surface area (Å²) in [6.07, 6.45) is 0. The van der Waals surface area contributed by atoms with Crippen molar-refractivity contribution in [3.63, 3.8) is 0 Å². The fourth-order valence-corrected chi connectivity index (χ4v) is 2.84. The molecular formula is C15H10Br2N2O2. The summed E-state index contributed by atoms with van der Waals surface area (Å²) in [5.41, 5.74) is 2.43. The van der Waals surface area contributed by atoms with Gasteiger partial charge in [-0.2, -0.15) is 4.98 Å². The Labute approximate surface area is 138 Å². The zero-order valence-electron chi connectivity index (χ0n) is 11.0. The van der Waals surface area contributed by atoms with Crippen LogP contribution in [0.15, 0.2) is 49.9 Å². The number of aromatic nitrogens is 2. The second-order valence-electron chi connectivity index (χ2n) is 4.54. The molecule has 0 aliphatic heterocycles. The standard InChI is InChI=1S/C15H10Br2N2O2/c1-8-6-9(16)2-4-11(8)14-18-15(21-19-14)12-7-10(17)3-5-13(12)20/h2-7,20H,1H3. The molecule has 21 heavy (non-hydrogen) atoms. The summed E-state index contributed by atoms with van der Waals surface area (Å²) >= 11 is 6.78. The lowest BCUT2D eigenvalue weighted by Gasteiger charge is -2.01. The maximum Gasteiger partial charge on any atom is 0.262 e. The maximum atomic E-state index is 9.90. The predicted molar refractivity (Wildman–Crippen MR) is 87.0 cm³/mol. The van der Waals surface area contributed by atoms with Crippen molar-refractivity contribution < 1.29 is 9.63 Å². The molecule has 3 aromatic rings. The van der Waals surface area contributed by atoms with Crippen molar-refractivity contribution in [1.82, 2.24) is 10.1 Å². The Morgan fingerprint density at radius 3 is 2.48 bits per heavy atom. The largest absolute Gasteiger partial charge is 0.507 e. The van der Waals surface area contributed by atoms with Gasteiger partial charge in [0.2, 0.25) is 5.82 Å². The van der Waals surface area contributed by atoms with Crippen LogP contribution >= 0.6 is 31.9 Å². The summed E-state index contributed by atoms with van der Waals surface area (Å²) < 4.78 is 7.10. The number of hydrogen-bond acceptors (Lipinski definition) is 4. The van der Waals surface area contributed by atoms with Crippen molar-refractivity contribution in [2.45, 2.75) is 6.92 Å². The van der Waals surface area contributed by atoms with Crippen LogP contribution in [0, 0.1) is 6.92 Å². The van der Waals surface area contributed by atoms with Crippen LogP contribution in [0.3, 0.4) is 0 Å². The highest BCUT2D eigenvalue weighted by atomic mass is 79.9. The van der Waals surface area contributed by atoms with Crippen LogP contribution in [0.25, 0.3) is 22.8 Å². The minimum atomic E-state index is 0.0981. The van der Waals surface area contributed by atoms with Gasteiger partial charge >= 0.3 is 0 Å². The number of phenolic OH excluding ortho intramolecular Hbond substituents is 1. The van der Waals surface area contributed by atoms with E-state index in [4.69, 9.17) is 4.52 Å². The second-order valence-corrected chi connectivity index (χ2v) is 6.38. The summed E-state index contributed by atoms with van der Waals surface area (Å²) in [5.74, 6) is 0.876. The second kappa shape index (κ2) is 5.61. The lowest BCUT2D eigenvalue weighted by Crippen LogP contribution is -1.86. The summed E-state index contributed by atoms with van der Waals surface area (Å²) in [7, 11) is 0. The lowest BCUT2D eigenvalue weighted by molar-refractivity contribution is 0.425. The third-order valence-corrected chi connectivity index (χ3v) is 4.03. The minimum Gasteiger partial charge on any atom is -0.507 e. The SMILES string of the molecule is Cc1cc(Br)ccc1-c1noc(-c2cc(Br)ccc2O)n1. The van der Waals surface area contributed by atoms with Gasteiger partial charge in [-0.15, -0.1) is 0 Å². The van der Waals surface area contributed by atoms with Crippen molar-refractivity contribution in [3.05, 3.63) is 50.9 Å². The predicted octanol–water partition coefficient (Wildman–Crippen LogP) is 4.94. The highest BCUT2D eigenvalue weighted by molar-refractivity contribution is 9.10. The Kier molecular flexibility index (Phi) is 3.82. The van der Waals surface area contributed by atoms with Crippen molar-refractivity contribution in [2.75, 3.05) is 0 Å². The van der Waals surface area contributed by atoms with Crippen molar-refractivity contribution in [2.24, 2.45) is 0 Å². The van der Waals surface area contributed by atoms with E-state index in [1.807, 2.05) is 25.1 Å². The molecular weight excluding hydrogens is 400 g/mol. The number of hydrogen-bond donors (Lipinski definition) is 1. The fourth-order valence-electron chi connectivity index (χ4n) is 2.00. The van der Waals surface area contributed by atoms with E-state index >= 15 is 0 Å². The summed E-state index contributed by atoms with van der Waals surface area (Å²) in [6.45, 7) is 1.98. The van der Waals surface area contributed by atoms with E-state index < -0.39 is 0 Å². The van der Waals surface area contributed by atoms with Crippen molar-refractivity contribution >= 4 is 31.9 Å². The van der Waals surface area contributed by atoms with Gasteiger partial charge in [-0.3, -0.25) is 0 Å². The number of phenols is 1. The number of halogens is 2. The number of nitrogens with zero attached hydrogens (tertiary/aromatic N) is 2. The highest BCUT2D eigenvalue weighted by Gasteiger charge is 2.15. The number of aromatic hydroxyl groups is 1. The number of benzene rings is 2. The topological polar surface area (TPSA) is 59.2 Å². The molecule has 0 radical (unpaired) electrons. The molecule has 1 heterocycles. The van der Waals surface area contributed by atoms with E-state index in [1.54, 1.807) is 18.2 Å². The maximum absolute atomic E-state index is 9.90. The van der Waals surface area contributed by atoms with E-state index in [0.717, 1.165) is 20.1 Å². The van der Waals surface area contributed by atoms with Gasteiger partial charge in [0.15, 0.2) is 0 Å². The first kappa shape index (κ1) is 14.3. The average molecular weight is 410 g/mol. The van der Waals surface area contributed by atoms with Gasteiger partial charge in [-0.05, 0) is 48.9 Å². The Balaban J connectivity index is 2.06. The molecule has 106 valence electrons. The van der Waals surface area contributed by atoms with Crippen LogP contribution in [-0.2, 0) is 0 Å². The minimum absolute atomic E-state index is 0.0981. The van der Waals surface area contributed by atoms with Crippen LogP contribution in [-0.4, -0.2) is 15.2 Å². The van der Waals surface area contributed by atoms with E-state index in [1.165, 1.54) is 0 Å². The van der Waals surface area contributed by atoms with Crippen LogP contribution < -0.4 is 0 Å². The highest BCUT2D eigenvalue weighted by Crippen LogP contribution is 2.32. The first-order chi connectivity index (χ1) is 10.0. The Hall–Kier alpha value is -1.66. The molecule has 0 bridgehead atoms. The molecule has 0 fully saturated rings. The molecule has 1 aromatic heterocycles. The molecule has 3 rings (SSSR count). The molecule has 0 amide bonds. The summed E-state index contributed by atoms with van der Waals surface area (Å²) in [4.78, 5) is 4.37. The van der Waals surface area contributed by atoms with Crippen LogP contribution in [0.1, 0.15) is 5.56 Å². The van der Waals surface area contributed by atoms with Crippen LogP contribution in [0.4, 0.5) is 0 Å². The quantitative estimate of drug-likeness (QED) is 0.650. The van der Waals surface area contributed by atoms with Crippen molar-refractivity contribution in [3.8, 4) is 28.6 Å². The Morgan fingerprint density at radius 2 is 1.71 bits per heavy atom. The fraction of sp³-hybridized carbons (Fsp3) is 0.0667. The molecule has 0 spiro atoms. The van der Waals surface area contributed by atoms with E-state index in [2.05, 4.69) is 42.0 Å². The monoisotopic (exact) mass is 408 g/mol. The van der Waals surface area contributed by atoms with Crippen LogP contribution in [0.2, 0.25) is 0 Å². The average Bonchev–Trinajstić information content (AvgIpc) is 2.91. The third-order valence-electron chi connectivity index (χ3n) is 3.04. The first-order valence-corrected chi connectivity index (χ1v) is 7.72. The van der Waals surface area contributed by atoms with Gasteiger partial charge in [0, 0.05) is 14.5 Å². The molecule has 0 unspecified atom stereocenters. The number of aryl methyl sites for hydroxylation is 1. The van der Waals surface area contributed by atoms with Gasteiger partial charge in [0.05, 0.1) is 5.56 Å². The van der Waals surface area contributed by atoms with Gasteiger partial charge in [0.25, 0.3) is 5.89 Å². The van der Waals surface area contributed by atoms with Crippen molar-refractivity contribution in [1.29, 1.82) is 0 Å². The van der Waals surface area contributed by atoms with Gasteiger partial charge < -0.3 is 9.63 Å². The van der Waals surface area contributed by atoms with E-state index in [-0.39, 0.29) is 11.6 Å². The molecule has 0 atom stereocenters. The third kappa shape index (κ3) is 2.87. The molecule has 2 aromatic carbocycles. The molecule has 1 N–H and O–H groups in total. The van der Waals surface area contributed by atoms with Gasteiger partial charge in [-0.1, -0.05) is 37.0 Å². The van der Waals surface area contributed by atoms with Crippen LogP contribution in [0.5, 0.6) is 5.75 Å². The molecule has 0 aliphatic carbocycles. The van der Waals surface area contributed by atoms with E-state index in [0.29, 0.717) is 11.4 Å². The molecule has 4 nitrogen and oxygen atoms in total. The molecule has 0 saturated heterocycles. The Bertz CT molecular complexity index is 815. The zero-order valence-corrected chi connectivity index (χ0v) is 14.1. The lowest BCUT2D eigenvalue weighted by atomic mass is 10.1. The van der Waals surface area contributed by atoms with E-state index in [9.17, 15) is 5.11 Å². The number of rotatable bonds is 2. The molecule has 6 heteroatoms. The van der Waals surface area contributed by atoms with Gasteiger partial charge in [-0.25, -0.2) is 0 Å². The van der Waals surface area contributed by atoms with Gasteiger partial charge in [0.1, 0.15) is 5.75 Å². The smallest absolute Gasteiger partial charge is 0.262 e. The summed E-state index contributed by atoms with van der Waals surface area (Å²) in [6, 6.07) is 10.9. The molecule has 0 aliphatic rings. The first-order valence-electron chi connectivity index (χ1n) is 6.14.